The van der Waals surface area contributed by atoms with Gasteiger partial charge in [-0.2, -0.15) is 0 Å². The summed E-state index contributed by atoms with van der Waals surface area (Å²) in [6, 6.07) is 13.1. The molecule has 1 amide bonds. The van der Waals surface area contributed by atoms with Crippen LogP contribution < -0.4 is 14.8 Å². The third-order valence-corrected chi connectivity index (χ3v) is 4.64. The molecule has 0 spiro atoms. The number of carbonyl (C=O) groups is 1. The van der Waals surface area contributed by atoms with E-state index >= 15 is 0 Å². The van der Waals surface area contributed by atoms with Gasteiger partial charge >= 0.3 is 0 Å². The van der Waals surface area contributed by atoms with Gasteiger partial charge in [0.1, 0.15) is 11.5 Å². The van der Waals surface area contributed by atoms with Crippen LogP contribution in [0.4, 0.5) is 0 Å². The molecule has 0 unspecified atom stereocenters. The van der Waals surface area contributed by atoms with Gasteiger partial charge in [-0.05, 0) is 45.0 Å². The molecule has 0 aliphatic carbocycles. The Morgan fingerprint density at radius 1 is 1.07 bits per heavy atom. The molecule has 7 nitrogen and oxygen atoms in total. The Hall–Kier alpha value is -3.35. The third kappa shape index (κ3) is 3.83. The van der Waals surface area contributed by atoms with Gasteiger partial charge in [0.15, 0.2) is 5.69 Å². The molecule has 0 aliphatic rings. The van der Waals surface area contributed by atoms with E-state index in [0.717, 1.165) is 16.8 Å². The molecule has 0 fully saturated rings. The predicted octanol–water partition coefficient (Wildman–Crippen LogP) is 3.39. The molecule has 1 heterocycles. The smallest absolute Gasteiger partial charge is 0.274 e. The van der Waals surface area contributed by atoms with Crippen molar-refractivity contribution in [2.24, 2.45) is 0 Å². The lowest BCUT2D eigenvalue weighted by Crippen LogP contribution is -2.28. The molecule has 2 aromatic carbocycles. The highest BCUT2D eigenvalue weighted by Crippen LogP contribution is 2.29. The quantitative estimate of drug-likeness (QED) is 0.709. The first kappa shape index (κ1) is 19.4. The van der Waals surface area contributed by atoms with Crippen molar-refractivity contribution >= 4 is 5.91 Å². The van der Waals surface area contributed by atoms with Crippen molar-refractivity contribution in [1.29, 1.82) is 0 Å². The van der Waals surface area contributed by atoms with E-state index in [1.807, 2.05) is 57.2 Å². The summed E-state index contributed by atoms with van der Waals surface area (Å²) in [6.45, 7) is 5.74. The van der Waals surface area contributed by atoms with Crippen LogP contribution in [0, 0.1) is 13.8 Å². The van der Waals surface area contributed by atoms with Crippen LogP contribution in [0.2, 0.25) is 0 Å². The minimum absolute atomic E-state index is 0.280. The summed E-state index contributed by atoms with van der Waals surface area (Å²) in [6.07, 6.45) is 0. The van der Waals surface area contributed by atoms with Gasteiger partial charge in [-0.15, -0.1) is 5.10 Å². The highest BCUT2D eigenvalue weighted by Gasteiger charge is 2.21. The fourth-order valence-electron chi connectivity index (χ4n) is 2.99. The van der Waals surface area contributed by atoms with Crippen LogP contribution in [0.25, 0.3) is 5.69 Å². The number of nitrogens with zero attached hydrogens (tertiary/aromatic N) is 3. The van der Waals surface area contributed by atoms with Gasteiger partial charge in [-0.1, -0.05) is 22.9 Å². The molecule has 0 saturated heterocycles. The zero-order valence-corrected chi connectivity index (χ0v) is 16.7. The summed E-state index contributed by atoms with van der Waals surface area (Å²) in [5, 5.41) is 11.2. The molecule has 1 aromatic heterocycles. The van der Waals surface area contributed by atoms with Crippen molar-refractivity contribution in [3.05, 3.63) is 65.0 Å². The Kier molecular flexibility index (Phi) is 5.63. The van der Waals surface area contributed by atoms with Crippen LogP contribution in [-0.2, 0) is 0 Å². The van der Waals surface area contributed by atoms with Crippen molar-refractivity contribution in [2.45, 2.75) is 26.8 Å². The molecular weight excluding hydrogens is 356 g/mol. The first-order chi connectivity index (χ1) is 13.4. The number of ether oxygens (including phenoxy) is 2. The minimum Gasteiger partial charge on any atom is -0.497 e. The lowest BCUT2D eigenvalue weighted by Gasteiger charge is -2.17. The monoisotopic (exact) mass is 380 g/mol. The minimum atomic E-state index is -0.291. The highest BCUT2D eigenvalue weighted by molar-refractivity contribution is 5.93. The van der Waals surface area contributed by atoms with E-state index in [0.29, 0.717) is 22.9 Å². The summed E-state index contributed by atoms with van der Waals surface area (Å²) in [5.74, 6) is 1.05. The molecule has 1 atom stereocenters. The Morgan fingerprint density at radius 3 is 2.43 bits per heavy atom. The fraction of sp³-hybridized carbons (Fsp3) is 0.286. The van der Waals surface area contributed by atoms with Crippen molar-refractivity contribution in [1.82, 2.24) is 20.3 Å². The SMILES string of the molecule is COc1ccc([C@@H](C)NC(=O)c2nnn(-c3ccc(C)cc3)c2C)c(OC)c1. The predicted molar refractivity (Wildman–Crippen MR) is 106 cm³/mol. The number of hydrogen-bond acceptors (Lipinski definition) is 5. The van der Waals surface area contributed by atoms with E-state index in [1.54, 1.807) is 25.0 Å². The van der Waals surface area contributed by atoms with E-state index in [2.05, 4.69) is 15.6 Å². The largest absolute Gasteiger partial charge is 0.497 e. The Labute approximate surface area is 164 Å². The molecule has 0 bridgehead atoms. The number of nitrogens with one attached hydrogen (secondary N) is 1. The van der Waals surface area contributed by atoms with Gasteiger partial charge < -0.3 is 14.8 Å². The van der Waals surface area contributed by atoms with Gasteiger partial charge in [-0.25, -0.2) is 4.68 Å². The fourth-order valence-corrected chi connectivity index (χ4v) is 2.99. The summed E-state index contributed by atoms with van der Waals surface area (Å²) in [4.78, 5) is 12.8. The normalized spacial score (nSPS) is 11.8. The van der Waals surface area contributed by atoms with Gasteiger partial charge in [0.05, 0.1) is 31.6 Å². The standard InChI is InChI=1S/C21H24N4O3/c1-13-6-8-16(9-7-13)25-15(3)20(23-24-25)21(26)22-14(2)18-11-10-17(27-4)12-19(18)28-5/h6-12,14H,1-5H3,(H,22,26)/t14-/m1/s1. The maximum Gasteiger partial charge on any atom is 0.274 e. The summed E-state index contributed by atoms with van der Waals surface area (Å²) in [7, 11) is 3.18. The molecule has 28 heavy (non-hydrogen) atoms. The number of aryl methyl sites for hydroxylation is 1. The molecule has 3 rings (SSSR count). The second-order valence-electron chi connectivity index (χ2n) is 6.57. The highest BCUT2D eigenvalue weighted by atomic mass is 16.5. The van der Waals surface area contributed by atoms with Gasteiger partial charge in [0.25, 0.3) is 5.91 Å². The molecule has 0 aliphatic heterocycles. The van der Waals surface area contributed by atoms with E-state index < -0.39 is 0 Å². The van der Waals surface area contributed by atoms with Crippen molar-refractivity contribution in [3.63, 3.8) is 0 Å². The molecule has 3 aromatic rings. The first-order valence-electron chi connectivity index (χ1n) is 8.96. The lowest BCUT2D eigenvalue weighted by atomic mass is 10.1. The molecular formula is C21H24N4O3. The Morgan fingerprint density at radius 2 is 1.79 bits per heavy atom. The summed E-state index contributed by atoms with van der Waals surface area (Å²) < 4.78 is 12.3. The number of methoxy groups -OCH3 is 2. The zero-order valence-electron chi connectivity index (χ0n) is 16.7. The maximum atomic E-state index is 12.8. The molecule has 7 heteroatoms. The number of amides is 1. The summed E-state index contributed by atoms with van der Waals surface area (Å²) in [5.41, 5.74) is 3.83. The zero-order chi connectivity index (χ0) is 20.3. The van der Waals surface area contributed by atoms with Crippen molar-refractivity contribution < 1.29 is 14.3 Å². The number of aromatic nitrogens is 3. The lowest BCUT2D eigenvalue weighted by molar-refractivity contribution is 0.0933. The maximum absolute atomic E-state index is 12.8. The first-order valence-corrected chi connectivity index (χ1v) is 8.96. The van der Waals surface area contributed by atoms with Crippen molar-refractivity contribution in [2.75, 3.05) is 14.2 Å². The van der Waals surface area contributed by atoms with Crippen LogP contribution in [0.3, 0.4) is 0 Å². The average Bonchev–Trinajstić information content (AvgIpc) is 3.09. The van der Waals surface area contributed by atoms with Crippen LogP contribution in [0.5, 0.6) is 11.5 Å². The van der Waals surface area contributed by atoms with Crippen LogP contribution in [0.15, 0.2) is 42.5 Å². The number of carbonyl (C=O) groups excluding carboxylic acids is 1. The number of rotatable bonds is 6. The molecule has 146 valence electrons. The average molecular weight is 380 g/mol. The Balaban J connectivity index is 1.81. The summed E-state index contributed by atoms with van der Waals surface area (Å²) >= 11 is 0. The van der Waals surface area contributed by atoms with Crippen LogP contribution in [-0.4, -0.2) is 35.1 Å². The van der Waals surface area contributed by atoms with E-state index in [-0.39, 0.29) is 11.9 Å². The second kappa shape index (κ2) is 8.12. The van der Waals surface area contributed by atoms with Crippen molar-refractivity contribution in [3.8, 4) is 17.2 Å². The van der Waals surface area contributed by atoms with E-state index in [1.165, 1.54) is 0 Å². The van der Waals surface area contributed by atoms with Crippen LogP contribution in [0.1, 0.15) is 40.3 Å². The van der Waals surface area contributed by atoms with Gasteiger partial charge in [0, 0.05) is 11.6 Å². The number of benzene rings is 2. The second-order valence-corrected chi connectivity index (χ2v) is 6.57. The molecule has 1 N–H and O–H groups in total. The topological polar surface area (TPSA) is 78.3 Å². The van der Waals surface area contributed by atoms with Gasteiger partial charge in [0.2, 0.25) is 0 Å². The van der Waals surface area contributed by atoms with E-state index in [9.17, 15) is 4.79 Å². The third-order valence-electron chi connectivity index (χ3n) is 4.64. The Bertz CT molecular complexity index is 980. The molecule has 0 saturated carbocycles. The number of hydrogen-bond donors (Lipinski definition) is 1. The van der Waals surface area contributed by atoms with Gasteiger partial charge in [-0.3, -0.25) is 4.79 Å². The van der Waals surface area contributed by atoms with E-state index in [4.69, 9.17) is 9.47 Å². The van der Waals surface area contributed by atoms with Crippen LogP contribution >= 0.6 is 0 Å². The molecule has 0 radical (unpaired) electrons.